The van der Waals surface area contributed by atoms with Crippen molar-refractivity contribution in [2.24, 2.45) is 5.84 Å². The van der Waals surface area contributed by atoms with Gasteiger partial charge in [0.05, 0.1) is 4.47 Å². The first kappa shape index (κ1) is 11.4. The van der Waals surface area contributed by atoms with Crippen molar-refractivity contribution >= 4 is 15.9 Å². The molecule has 1 unspecified atom stereocenters. The van der Waals surface area contributed by atoms with Crippen molar-refractivity contribution < 1.29 is 4.39 Å². The number of hydrogen-bond acceptors (Lipinski definition) is 2. The lowest BCUT2D eigenvalue weighted by Gasteiger charge is -2.14. The summed E-state index contributed by atoms with van der Waals surface area (Å²) in [4.78, 5) is 0. The van der Waals surface area contributed by atoms with Crippen LogP contribution in [0.3, 0.4) is 0 Å². The summed E-state index contributed by atoms with van der Waals surface area (Å²) in [5.74, 6) is 5.06. The summed E-state index contributed by atoms with van der Waals surface area (Å²) >= 11 is 3.09. The number of nitrogens with two attached hydrogens (primary N) is 1. The molecule has 0 aliphatic heterocycles. The molecule has 0 amide bonds. The number of hydrazine groups is 1. The van der Waals surface area contributed by atoms with Crippen LogP contribution in [0.2, 0.25) is 0 Å². The van der Waals surface area contributed by atoms with Crippen LogP contribution < -0.4 is 11.3 Å². The zero-order valence-corrected chi connectivity index (χ0v) is 9.22. The van der Waals surface area contributed by atoms with E-state index in [0.29, 0.717) is 10.9 Å². The average Bonchev–Trinajstić information content (AvgIpc) is 2.19. The fourth-order valence-corrected chi connectivity index (χ4v) is 1.44. The molecule has 0 spiro atoms. The minimum absolute atomic E-state index is 0.0879. The predicted molar refractivity (Wildman–Crippen MR) is 59.0 cm³/mol. The van der Waals surface area contributed by atoms with E-state index in [2.05, 4.69) is 27.9 Å². The molecule has 0 fully saturated rings. The monoisotopic (exact) mass is 258 g/mol. The topological polar surface area (TPSA) is 38.0 Å². The zero-order chi connectivity index (χ0) is 10.6. The summed E-state index contributed by atoms with van der Waals surface area (Å²) in [7, 11) is 0. The Balaban J connectivity index is 2.93. The summed E-state index contributed by atoms with van der Waals surface area (Å²) in [5.41, 5.74) is 3.43. The van der Waals surface area contributed by atoms with Gasteiger partial charge in [0, 0.05) is 6.04 Å². The Bertz CT molecular complexity index is 328. The maximum Gasteiger partial charge on any atom is 0.137 e. The molecule has 2 nitrogen and oxygen atoms in total. The van der Waals surface area contributed by atoms with Crippen LogP contribution in [0.25, 0.3) is 0 Å². The highest BCUT2D eigenvalue weighted by Crippen LogP contribution is 2.22. The van der Waals surface area contributed by atoms with Crippen molar-refractivity contribution in [2.45, 2.75) is 12.5 Å². The molecular weight excluding hydrogens is 247 g/mol. The van der Waals surface area contributed by atoms with Gasteiger partial charge in [0.1, 0.15) is 5.82 Å². The lowest BCUT2D eigenvalue weighted by atomic mass is 10.0. The van der Waals surface area contributed by atoms with Gasteiger partial charge in [-0.2, -0.15) is 0 Å². The molecule has 1 rings (SSSR count). The van der Waals surface area contributed by atoms with E-state index >= 15 is 0 Å². The minimum Gasteiger partial charge on any atom is -0.271 e. The third kappa shape index (κ3) is 2.64. The smallest absolute Gasteiger partial charge is 0.137 e. The standard InChI is InChI=1S/C10H12BrFN2/c1-2-3-10(14-13)7-4-5-8(11)9(12)6-7/h2,4-6,10,14H,1,3,13H2. The van der Waals surface area contributed by atoms with Gasteiger partial charge in [0.25, 0.3) is 0 Å². The molecule has 76 valence electrons. The Labute approximate surface area is 91.1 Å². The van der Waals surface area contributed by atoms with Crippen LogP contribution in [0.1, 0.15) is 18.0 Å². The summed E-state index contributed by atoms with van der Waals surface area (Å²) in [6.07, 6.45) is 2.40. The van der Waals surface area contributed by atoms with E-state index in [1.807, 2.05) is 6.07 Å². The van der Waals surface area contributed by atoms with Crippen molar-refractivity contribution in [3.05, 3.63) is 46.7 Å². The first-order valence-corrected chi connectivity index (χ1v) is 5.00. The Hall–Kier alpha value is -0.710. The highest BCUT2D eigenvalue weighted by Gasteiger charge is 2.09. The van der Waals surface area contributed by atoms with Gasteiger partial charge in [-0.3, -0.25) is 11.3 Å². The Morgan fingerprint density at radius 3 is 2.86 bits per heavy atom. The number of halogens is 2. The van der Waals surface area contributed by atoms with Crippen molar-refractivity contribution in [1.29, 1.82) is 0 Å². The molecule has 0 bridgehead atoms. The first-order chi connectivity index (χ1) is 6.69. The van der Waals surface area contributed by atoms with Crippen LogP contribution in [0.15, 0.2) is 35.3 Å². The van der Waals surface area contributed by atoms with Crippen LogP contribution in [-0.2, 0) is 0 Å². The number of hydrogen-bond donors (Lipinski definition) is 2. The van der Waals surface area contributed by atoms with E-state index in [9.17, 15) is 4.39 Å². The van der Waals surface area contributed by atoms with Gasteiger partial charge in [-0.15, -0.1) is 6.58 Å². The molecule has 0 aliphatic carbocycles. The Morgan fingerprint density at radius 2 is 2.36 bits per heavy atom. The summed E-state index contributed by atoms with van der Waals surface area (Å²) in [6.45, 7) is 3.62. The van der Waals surface area contributed by atoms with E-state index < -0.39 is 0 Å². The van der Waals surface area contributed by atoms with Crippen LogP contribution >= 0.6 is 15.9 Å². The molecule has 0 saturated heterocycles. The summed E-state index contributed by atoms with van der Waals surface area (Å²) in [5, 5.41) is 0. The van der Waals surface area contributed by atoms with Crippen molar-refractivity contribution in [3.63, 3.8) is 0 Å². The molecular formula is C10H12BrFN2. The van der Waals surface area contributed by atoms with Crippen molar-refractivity contribution in [3.8, 4) is 0 Å². The molecule has 1 atom stereocenters. The fraction of sp³-hybridized carbons (Fsp3) is 0.200. The maximum absolute atomic E-state index is 13.2. The van der Waals surface area contributed by atoms with Gasteiger partial charge >= 0.3 is 0 Å². The second-order valence-electron chi connectivity index (χ2n) is 2.92. The number of benzene rings is 1. The molecule has 0 saturated carbocycles. The van der Waals surface area contributed by atoms with E-state index in [0.717, 1.165) is 5.56 Å². The van der Waals surface area contributed by atoms with Crippen LogP contribution in [-0.4, -0.2) is 0 Å². The molecule has 14 heavy (non-hydrogen) atoms. The van der Waals surface area contributed by atoms with E-state index in [1.54, 1.807) is 12.1 Å². The summed E-state index contributed by atoms with van der Waals surface area (Å²) < 4.78 is 13.6. The van der Waals surface area contributed by atoms with Crippen LogP contribution in [0, 0.1) is 5.82 Å². The second kappa shape index (κ2) is 5.24. The van der Waals surface area contributed by atoms with Gasteiger partial charge in [-0.25, -0.2) is 4.39 Å². The summed E-state index contributed by atoms with van der Waals surface area (Å²) in [6, 6.07) is 4.85. The van der Waals surface area contributed by atoms with Crippen LogP contribution in [0.4, 0.5) is 4.39 Å². The van der Waals surface area contributed by atoms with Gasteiger partial charge in [0.2, 0.25) is 0 Å². The zero-order valence-electron chi connectivity index (χ0n) is 7.63. The molecule has 1 aromatic carbocycles. The van der Waals surface area contributed by atoms with Crippen molar-refractivity contribution in [2.75, 3.05) is 0 Å². The second-order valence-corrected chi connectivity index (χ2v) is 3.77. The van der Waals surface area contributed by atoms with E-state index in [4.69, 9.17) is 5.84 Å². The molecule has 3 N–H and O–H groups in total. The van der Waals surface area contributed by atoms with Gasteiger partial charge in [-0.1, -0.05) is 12.1 Å². The average molecular weight is 259 g/mol. The highest BCUT2D eigenvalue weighted by atomic mass is 79.9. The Kier molecular flexibility index (Phi) is 4.25. The molecule has 0 aromatic heterocycles. The largest absolute Gasteiger partial charge is 0.271 e. The Morgan fingerprint density at radius 1 is 1.64 bits per heavy atom. The number of rotatable bonds is 4. The molecule has 0 radical (unpaired) electrons. The minimum atomic E-state index is -0.285. The van der Waals surface area contributed by atoms with E-state index in [-0.39, 0.29) is 11.9 Å². The fourth-order valence-electron chi connectivity index (χ4n) is 1.20. The van der Waals surface area contributed by atoms with Gasteiger partial charge < -0.3 is 0 Å². The predicted octanol–water partition coefficient (Wildman–Crippen LogP) is 2.67. The maximum atomic E-state index is 13.2. The molecule has 0 heterocycles. The van der Waals surface area contributed by atoms with Crippen LogP contribution in [0.5, 0.6) is 0 Å². The molecule has 1 aromatic rings. The van der Waals surface area contributed by atoms with Crippen molar-refractivity contribution in [1.82, 2.24) is 5.43 Å². The lowest BCUT2D eigenvalue weighted by molar-refractivity contribution is 0.552. The van der Waals surface area contributed by atoms with E-state index in [1.165, 1.54) is 6.07 Å². The molecule has 4 heteroatoms. The SMILES string of the molecule is C=CCC(NN)c1ccc(Br)c(F)c1. The number of nitrogens with one attached hydrogen (secondary N) is 1. The highest BCUT2D eigenvalue weighted by molar-refractivity contribution is 9.10. The van der Waals surface area contributed by atoms with Gasteiger partial charge in [0.15, 0.2) is 0 Å². The molecule has 0 aliphatic rings. The first-order valence-electron chi connectivity index (χ1n) is 4.21. The van der Waals surface area contributed by atoms with Gasteiger partial charge in [-0.05, 0) is 40.0 Å². The third-order valence-corrected chi connectivity index (χ3v) is 2.59. The quantitative estimate of drug-likeness (QED) is 0.495. The lowest BCUT2D eigenvalue weighted by Crippen LogP contribution is -2.27. The normalized spacial score (nSPS) is 12.5. The third-order valence-electron chi connectivity index (χ3n) is 1.95.